The van der Waals surface area contributed by atoms with E-state index in [9.17, 15) is 38.4 Å². The molecule has 0 saturated heterocycles. The molecule has 0 aromatic carbocycles. The second-order valence-electron chi connectivity index (χ2n) is 5.98. The largest absolute Gasteiger partial charge is 0.424 e. The van der Waals surface area contributed by atoms with E-state index in [1.165, 1.54) is 0 Å². The van der Waals surface area contributed by atoms with Crippen molar-refractivity contribution < 1.29 is 43.1 Å². The van der Waals surface area contributed by atoms with Crippen molar-refractivity contribution in [2.75, 3.05) is 13.1 Å². The number of carbonyl (C=O) groups is 8. The van der Waals surface area contributed by atoms with Crippen LogP contribution in [0.4, 0.5) is 4.79 Å². The van der Waals surface area contributed by atoms with E-state index in [1.807, 2.05) is 0 Å². The molecule has 0 rings (SSSR count). The summed E-state index contributed by atoms with van der Waals surface area (Å²) in [6, 6.07) is 0. The van der Waals surface area contributed by atoms with Gasteiger partial charge in [0.25, 0.3) is 0 Å². The van der Waals surface area contributed by atoms with Gasteiger partial charge in [0.15, 0.2) is 0 Å². The first-order valence-corrected chi connectivity index (χ1v) is 8.19. The lowest BCUT2D eigenvalue weighted by Crippen LogP contribution is -2.47. The number of imide groups is 2. The molecule has 0 radical (unpaired) electrons. The van der Waals surface area contributed by atoms with Crippen LogP contribution in [0, 0.1) is 0 Å². The van der Waals surface area contributed by atoms with E-state index in [0.717, 1.165) is 27.7 Å². The van der Waals surface area contributed by atoms with Crippen LogP contribution in [0.2, 0.25) is 0 Å². The Morgan fingerprint density at radius 1 is 0.571 bits per heavy atom. The first-order chi connectivity index (χ1) is 12.8. The standard InChI is InChI=1S/C17H22N2O9/c1-10(20)7-14(24)18(15(25)8-11(2)21)5-6-19(16(26)9-12(3)22)17(27)28-13(4)23/h5-9H2,1-4H3. The van der Waals surface area contributed by atoms with Crippen molar-refractivity contribution in [3.63, 3.8) is 0 Å². The highest BCUT2D eigenvalue weighted by Gasteiger charge is 2.29. The van der Waals surface area contributed by atoms with Crippen LogP contribution in [0.5, 0.6) is 0 Å². The number of ether oxygens (including phenoxy) is 1. The van der Waals surface area contributed by atoms with Crippen LogP contribution in [-0.2, 0) is 38.3 Å². The fourth-order valence-electron chi connectivity index (χ4n) is 2.01. The molecule has 11 heteroatoms. The van der Waals surface area contributed by atoms with Gasteiger partial charge in [0.05, 0.1) is 25.8 Å². The zero-order valence-corrected chi connectivity index (χ0v) is 16.1. The number of nitrogens with zero attached hydrogens (tertiary/aromatic N) is 2. The minimum absolute atomic E-state index is 0.401. The average Bonchev–Trinajstić information content (AvgIpc) is 2.47. The highest BCUT2D eigenvalue weighted by molar-refractivity contribution is 6.08. The fourth-order valence-corrected chi connectivity index (χ4v) is 2.01. The summed E-state index contributed by atoms with van der Waals surface area (Å²) in [5, 5.41) is 0. The molecule has 0 aliphatic heterocycles. The lowest BCUT2D eigenvalue weighted by atomic mass is 10.2. The lowest BCUT2D eigenvalue weighted by molar-refractivity contribution is -0.149. The molecule has 0 heterocycles. The zero-order chi connectivity index (χ0) is 22.0. The first kappa shape index (κ1) is 24.8. The summed E-state index contributed by atoms with van der Waals surface area (Å²) < 4.78 is 4.32. The number of hydrogen-bond acceptors (Lipinski definition) is 9. The summed E-state index contributed by atoms with van der Waals surface area (Å²) >= 11 is 0. The summed E-state index contributed by atoms with van der Waals surface area (Å²) in [5.41, 5.74) is 0. The van der Waals surface area contributed by atoms with Crippen molar-refractivity contribution in [2.45, 2.75) is 47.0 Å². The molecule has 0 aliphatic rings. The van der Waals surface area contributed by atoms with Gasteiger partial charge in [-0.15, -0.1) is 0 Å². The molecule has 0 atom stereocenters. The topological polar surface area (TPSA) is 152 Å². The van der Waals surface area contributed by atoms with Gasteiger partial charge in [-0.1, -0.05) is 0 Å². The second-order valence-corrected chi connectivity index (χ2v) is 5.98. The third kappa shape index (κ3) is 9.46. The molecule has 0 N–H and O–H groups in total. The van der Waals surface area contributed by atoms with Crippen molar-refractivity contribution in [2.24, 2.45) is 0 Å². The molecule has 0 bridgehead atoms. The molecular formula is C17H22N2O9. The van der Waals surface area contributed by atoms with Crippen molar-refractivity contribution in [1.82, 2.24) is 9.80 Å². The van der Waals surface area contributed by atoms with Crippen LogP contribution in [0.25, 0.3) is 0 Å². The van der Waals surface area contributed by atoms with Crippen LogP contribution in [0.1, 0.15) is 47.0 Å². The SMILES string of the molecule is CC(=O)CC(=O)N(CCN(C(=O)CC(C)=O)C(=O)OC(C)=O)C(=O)CC(C)=O. The maximum absolute atomic E-state index is 12.1. The van der Waals surface area contributed by atoms with Gasteiger partial charge >= 0.3 is 12.1 Å². The molecule has 4 amide bonds. The molecule has 0 aromatic rings. The number of Topliss-reactive ketones (excluding diaryl/α,β-unsaturated/α-hetero) is 3. The Morgan fingerprint density at radius 3 is 1.21 bits per heavy atom. The van der Waals surface area contributed by atoms with Crippen molar-refractivity contribution >= 4 is 47.1 Å². The minimum atomic E-state index is -1.38. The Hall–Kier alpha value is -3.24. The Morgan fingerprint density at radius 2 is 0.893 bits per heavy atom. The van der Waals surface area contributed by atoms with E-state index in [2.05, 4.69) is 4.74 Å². The predicted molar refractivity (Wildman–Crippen MR) is 91.5 cm³/mol. The van der Waals surface area contributed by atoms with E-state index < -0.39 is 79.5 Å². The van der Waals surface area contributed by atoms with Crippen LogP contribution in [-0.4, -0.2) is 70.0 Å². The summed E-state index contributed by atoms with van der Waals surface area (Å²) in [4.78, 5) is 93.7. The summed E-state index contributed by atoms with van der Waals surface area (Å²) in [5.74, 6) is -5.49. The molecule has 0 spiro atoms. The fraction of sp³-hybridized carbons (Fsp3) is 0.529. The van der Waals surface area contributed by atoms with Gasteiger partial charge < -0.3 is 4.74 Å². The van der Waals surface area contributed by atoms with Gasteiger partial charge in [0, 0.05) is 13.5 Å². The maximum Gasteiger partial charge on any atom is 0.424 e. The van der Waals surface area contributed by atoms with E-state index in [0.29, 0.717) is 9.80 Å². The van der Waals surface area contributed by atoms with Gasteiger partial charge in [-0.25, -0.2) is 9.69 Å². The summed E-state index contributed by atoms with van der Waals surface area (Å²) in [6.07, 6.45) is -3.29. The van der Waals surface area contributed by atoms with Crippen LogP contribution < -0.4 is 0 Å². The van der Waals surface area contributed by atoms with Crippen LogP contribution in [0.15, 0.2) is 0 Å². The van der Waals surface area contributed by atoms with E-state index >= 15 is 0 Å². The first-order valence-electron chi connectivity index (χ1n) is 8.19. The maximum atomic E-state index is 12.1. The monoisotopic (exact) mass is 398 g/mol. The molecule has 0 saturated carbocycles. The Labute approximate surface area is 161 Å². The predicted octanol–water partition coefficient (Wildman–Crippen LogP) is -0.209. The highest BCUT2D eigenvalue weighted by atomic mass is 16.6. The Balaban J connectivity index is 5.51. The summed E-state index contributed by atoms with van der Waals surface area (Å²) in [7, 11) is 0. The molecule has 0 aliphatic carbocycles. The molecular weight excluding hydrogens is 376 g/mol. The third-order valence-corrected chi connectivity index (χ3v) is 3.10. The number of esters is 1. The zero-order valence-electron chi connectivity index (χ0n) is 16.1. The molecule has 0 aromatic heterocycles. The van der Waals surface area contributed by atoms with Crippen LogP contribution >= 0.6 is 0 Å². The quantitative estimate of drug-likeness (QED) is 0.379. The van der Waals surface area contributed by atoms with Crippen molar-refractivity contribution in [1.29, 1.82) is 0 Å². The van der Waals surface area contributed by atoms with E-state index in [-0.39, 0.29) is 0 Å². The van der Waals surface area contributed by atoms with Gasteiger partial charge in [0.2, 0.25) is 17.7 Å². The molecule has 0 fully saturated rings. The number of carbonyl (C=O) groups excluding carboxylic acids is 8. The Kier molecular flexibility index (Phi) is 10.1. The Bertz CT molecular complexity index is 595. The average molecular weight is 398 g/mol. The highest BCUT2D eigenvalue weighted by Crippen LogP contribution is 2.05. The minimum Gasteiger partial charge on any atom is -0.376 e. The summed E-state index contributed by atoms with van der Waals surface area (Å²) in [6.45, 7) is 3.13. The van der Waals surface area contributed by atoms with Gasteiger partial charge in [-0.05, 0) is 20.8 Å². The number of rotatable bonds is 9. The second kappa shape index (κ2) is 11.5. The number of hydrogen-bond donors (Lipinski definition) is 0. The smallest absolute Gasteiger partial charge is 0.376 e. The molecule has 0 unspecified atom stereocenters. The number of amides is 4. The van der Waals surface area contributed by atoms with Crippen molar-refractivity contribution in [3.05, 3.63) is 0 Å². The molecule has 154 valence electrons. The lowest BCUT2D eigenvalue weighted by Gasteiger charge is -2.24. The number of ketones is 3. The molecule has 28 heavy (non-hydrogen) atoms. The van der Waals surface area contributed by atoms with Crippen molar-refractivity contribution in [3.8, 4) is 0 Å². The van der Waals surface area contributed by atoms with Gasteiger partial charge in [-0.3, -0.25) is 38.5 Å². The van der Waals surface area contributed by atoms with Gasteiger partial charge in [-0.2, -0.15) is 0 Å². The van der Waals surface area contributed by atoms with E-state index in [1.54, 1.807) is 0 Å². The van der Waals surface area contributed by atoms with Crippen LogP contribution in [0.3, 0.4) is 0 Å². The molecule has 11 nitrogen and oxygen atoms in total. The third-order valence-electron chi connectivity index (χ3n) is 3.10. The van der Waals surface area contributed by atoms with Gasteiger partial charge in [0.1, 0.15) is 17.3 Å². The van der Waals surface area contributed by atoms with E-state index in [4.69, 9.17) is 0 Å². The normalized spacial score (nSPS) is 9.86.